The molecule has 66 valence electrons. The van der Waals surface area contributed by atoms with Crippen molar-refractivity contribution in [1.29, 1.82) is 5.26 Å². The molecule has 0 bridgehead atoms. The van der Waals surface area contributed by atoms with Gasteiger partial charge in [0.2, 0.25) is 5.78 Å². The molecule has 1 rings (SSSR count). The standard InChI is InChI=1S/C11H11NO/c1-8-3-4-10(5-9(8)2)6-11(13)7-12/h3-5H,6H2,1-2H3. The molecule has 0 atom stereocenters. The zero-order valence-corrected chi connectivity index (χ0v) is 7.79. The highest BCUT2D eigenvalue weighted by Gasteiger charge is 2.02. The molecule has 13 heavy (non-hydrogen) atoms. The molecule has 0 spiro atoms. The Morgan fingerprint density at radius 1 is 1.38 bits per heavy atom. The van der Waals surface area contributed by atoms with Crippen LogP contribution >= 0.6 is 0 Å². The molecule has 2 nitrogen and oxygen atoms in total. The van der Waals surface area contributed by atoms with Gasteiger partial charge in [0.25, 0.3) is 0 Å². The Hall–Kier alpha value is -1.62. The lowest BCUT2D eigenvalue weighted by molar-refractivity contribution is -0.113. The molecule has 0 heterocycles. The highest BCUT2D eigenvalue weighted by molar-refractivity contribution is 5.94. The predicted molar refractivity (Wildman–Crippen MR) is 50.2 cm³/mol. The van der Waals surface area contributed by atoms with Gasteiger partial charge in [-0.3, -0.25) is 4.79 Å². The van der Waals surface area contributed by atoms with Crippen molar-refractivity contribution in [1.82, 2.24) is 0 Å². The molecule has 0 N–H and O–H groups in total. The molecule has 0 saturated heterocycles. The summed E-state index contributed by atoms with van der Waals surface area (Å²) < 4.78 is 0. The van der Waals surface area contributed by atoms with E-state index >= 15 is 0 Å². The normalized spacial score (nSPS) is 9.31. The summed E-state index contributed by atoms with van der Waals surface area (Å²) in [6.45, 7) is 4.01. The molecule has 0 aromatic heterocycles. The number of benzene rings is 1. The fraction of sp³-hybridized carbons (Fsp3) is 0.273. The second kappa shape index (κ2) is 3.86. The highest BCUT2D eigenvalue weighted by atomic mass is 16.1. The highest BCUT2D eigenvalue weighted by Crippen LogP contribution is 2.10. The monoisotopic (exact) mass is 173 g/mol. The van der Waals surface area contributed by atoms with Crippen molar-refractivity contribution in [2.45, 2.75) is 20.3 Å². The van der Waals surface area contributed by atoms with Crippen molar-refractivity contribution in [3.8, 4) is 6.07 Å². The van der Waals surface area contributed by atoms with Crippen molar-refractivity contribution in [2.75, 3.05) is 0 Å². The summed E-state index contributed by atoms with van der Waals surface area (Å²) in [4.78, 5) is 10.8. The molecular formula is C11H11NO. The molecule has 0 aliphatic heterocycles. The first kappa shape index (κ1) is 9.47. The maximum absolute atomic E-state index is 10.8. The third-order valence-corrected chi connectivity index (χ3v) is 2.06. The van der Waals surface area contributed by atoms with E-state index < -0.39 is 0 Å². The zero-order chi connectivity index (χ0) is 9.84. The average Bonchev–Trinajstić information content (AvgIpc) is 2.11. The van der Waals surface area contributed by atoms with Crippen LogP contribution < -0.4 is 0 Å². The zero-order valence-electron chi connectivity index (χ0n) is 7.79. The second-order valence-electron chi connectivity index (χ2n) is 3.13. The Morgan fingerprint density at radius 2 is 2.08 bits per heavy atom. The van der Waals surface area contributed by atoms with Crippen molar-refractivity contribution in [3.63, 3.8) is 0 Å². The lowest BCUT2D eigenvalue weighted by Gasteiger charge is -2.01. The third-order valence-electron chi connectivity index (χ3n) is 2.06. The van der Waals surface area contributed by atoms with Crippen LogP contribution in [0.2, 0.25) is 0 Å². The van der Waals surface area contributed by atoms with E-state index in [1.807, 2.05) is 32.0 Å². The van der Waals surface area contributed by atoms with Crippen LogP contribution in [0.1, 0.15) is 16.7 Å². The maximum Gasteiger partial charge on any atom is 0.236 e. The van der Waals surface area contributed by atoms with Crippen LogP contribution in [0.25, 0.3) is 0 Å². The number of nitriles is 1. The first-order chi connectivity index (χ1) is 6.13. The summed E-state index contributed by atoms with van der Waals surface area (Å²) in [7, 11) is 0. The molecular weight excluding hydrogens is 162 g/mol. The van der Waals surface area contributed by atoms with Crippen molar-refractivity contribution >= 4 is 5.78 Å². The molecule has 2 heteroatoms. The first-order valence-corrected chi connectivity index (χ1v) is 4.12. The quantitative estimate of drug-likeness (QED) is 0.641. The number of hydrogen-bond acceptors (Lipinski definition) is 2. The van der Waals surface area contributed by atoms with Gasteiger partial charge in [-0.15, -0.1) is 0 Å². The molecule has 0 saturated carbocycles. The van der Waals surface area contributed by atoms with Gasteiger partial charge >= 0.3 is 0 Å². The van der Waals surface area contributed by atoms with Gasteiger partial charge < -0.3 is 0 Å². The SMILES string of the molecule is Cc1ccc(CC(=O)C#N)cc1C. The van der Waals surface area contributed by atoms with Gasteiger partial charge in [-0.1, -0.05) is 18.2 Å². The summed E-state index contributed by atoms with van der Waals surface area (Å²) in [6.07, 6.45) is 0.220. The van der Waals surface area contributed by atoms with Crippen molar-refractivity contribution in [2.24, 2.45) is 0 Å². The summed E-state index contributed by atoms with van der Waals surface area (Å²) in [6, 6.07) is 7.41. The molecule has 0 radical (unpaired) electrons. The number of ketones is 1. The van der Waals surface area contributed by atoms with E-state index in [0.717, 1.165) is 11.1 Å². The van der Waals surface area contributed by atoms with Crippen LogP contribution in [0, 0.1) is 25.2 Å². The molecule has 0 fully saturated rings. The smallest absolute Gasteiger partial charge is 0.236 e. The molecule has 0 aliphatic rings. The van der Waals surface area contributed by atoms with Gasteiger partial charge in [-0.25, -0.2) is 0 Å². The maximum atomic E-state index is 10.8. The summed E-state index contributed by atoms with van der Waals surface area (Å²) >= 11 is 0. The minimum Gasteiger partial charge on any atom is -0.282 e. The van der Waals surface area contributed by atoms with Gasteiger partial charge in [-0.05, 0) is 30.5 Å². The second-order valence-corrected chi connectivity index (χ2v) is 3.13. The minimum absolute atomic E-state index is 0.220. The number of carbonyl (C=O) groups is 1. The summed E-state index contributed by atoms with van der Waals surface area (Å²) in [5.41, 5.74) is 3.27. The third kappa shape index (κ3) is 2.41. The number of aryl methyl sites for hydroxylation is 2. The summed E-state index contributed by atoms with van der Waals surface area (Å²) in [5, 5.41) is 8.32. The van der Waals surface area contributed by atoms with Crippen LogP contribution in [0.5, 0.6) is 0 Å². The number of hydrogen-bond donors (Lipinski definition) is 0. The topological polar surface area (TPSA) is 40.9 Å². The van der Waals surface area contributed by atoms with Gasteiger partial charge in [-0.2, -0.15) is 5.26 Å². The van der Waals surface area contributed by atoms with E-state index in [1.165, 1.54) is 5.56 Å². The van der Waals surface area contributed by atoms with Crippen molar-refractivity contribution < 1.29 is 4.79 Å². The van der Waals surface area contributed by atoms with E-state index in [-0.39, 0.29) is 12.2 Å². The van der Waals surface area contributed by atoms with Gasteiger partial charge in [0.05, 0.1) is 0 Å². The Bertz CT molecular complexity index is 374. The number of nitrogens with zero attached hydrogens (tertiary/aromatic N) is 1. The van der Waals surface area contributed by atoms with E-state index in [4.69, 9.17) is 5.26 Å². The molecule has 1 aromatic rings. The van der Waals surface area contributed by atoms with Crippen LogP contribution in [0.4, 0.5) is 0 Å². The summed E-state index contributed by atoms with van der Waals surface area (Å²) in [5.74, 6) is -0.386. The first-order valence-electron chi connectivity index (χ1n) is 4.12. The Morgan fingerprint density at radius 3 is 2.62 bits per heavy atom. The molecule has 1 aromatic carbocycles. The Labute approximate surface area is 77.8 Å². The molecule has 0 amide bonds. The lowest BCUT2D eigenvalue weighted by Crippen LogP contribution is -1.99. The van der Waals surface area contributed by atoms with Gasteiger partial charge in [0.1, 0.15) is 6.07 Å². The van der Waals surface area contributed by atoms with Crippen LogP contribution in [0.3, 0.4) is 0 Å². The van der Waals surface area contributed by atoms with E-state index in [9.17, 15) is 4.79 Å². The van der Waals surface area contributed by atoms with E-state index in [2.05, 4.69) is 0 Å². The van der Waals surface area contributed by atoms with Gasteiger partial charge in [0, 0.05) is 6.42 Å². The number of Topliss-reactive ketones (excluding diaryl/α,β-unsaturated/α-hetero) is 1. The average molecular weight is 173 g/mol. The fourth-order valence-electron chi connectivity index (χ4n) is 1.14. The van der Waals surface area contributed by atoms with E-state index in [0.29, 0.717) is 0 Å². The lowest BCUT2D eigenvalue weighted by atomic mass is 10.0. The van der Waals surface area contributed by atoms with Crippen LogP contribution in [0.15, 0.2) is 18.2 Å². The van der Waals surface area contributed by atoms with Gasteiger partial charge in [0.15, 0.2) is 0 Å². The fourth-order valence-corrected chi connectivity index (χ4v) is 1.14. The Kier molecular flexibility index (Phi) is 2.81. The number of carbonyl (C=O) groups excluding carboxylic acids is 1. The molecule has 0 aliphatic carbocycles. The molecule has 0 unspecified atom stereocenters. The number of rotatable bonds is 2. The van der Waals surface area contributed by atoms with E-state index in [1.54, 1.807) is 6.07 Å². The van der Waals surface area contributed by atoms with Crippen molar-refractivity contribution in [3.05, 3.63) is 34.9 Å². The minimum atomic E-state index is -0.386. The van der Waals surface area contributed by atoms with Crippen LogP contribution in [-0.4, -0.2) is 5.78 Å². The largest absolute Gasteiger partial charge is 0.282 e. The Balaban J connectivity index is 2.87. The predicted octanol–water partition coefficient (Wildman–Crippen LogP) is 1.94. The van der Waals surface area contributed by atoms with Crippen LogP contribution in [-0.2, 0) is 11.2 Å².